The number of anilines is 1. The Morgan fingerprint density at radius 2 is 2.00 bits per heavy atom. The van der Waals surface area contributed by atoms with Gasteiger partial charge in [-0.15, -0.1) is 0 Å². The molecule has 1 saturated heterocycles. The van der Waals surface area contributed by atoms with E-state index in [0.717, 1.165) is 62.7 Å². The van der Waals surface area contributed by atoms with Crippen molar-refractivity contribution >= 4 is 5.69 Å². The van der Waals surface area contributed by atoms with E-state index >= 15 is 0 Å². The molecule has 2 aliphatic heterocycles. The van der Waals surface area contributed by atoms with Crippen molar-refractivity contribution in [1.82, 2.24) is 0 Å². The Morgan fingerprint density at radius 3 is 2.85 bits per heavy atom. The first kappa shape index (κ1) is 13.6. The van der Waals surface area contributed by atoms with Crippen LogP contribution < -0.4 is 14.8 Å². The molecule has 110 valence electrons. The molecule has 0 saturated carbocycles. The predicted molar refractivity (Wildman–Crippen MR) is 78.7 cm³/mol. The van der Waals surface area contributed by atoms with E-state index in [2.05, 4.69) is 24.4 Å². The molecule has 0 aromatic heterocycles. The fourth-order valence-electron chi connectivity index (χ4n) is 2.78. The smallest absolute Gasteiger partial charge is 0.163 e. The predicted octanol–water partition coefficient (Wildman–Crippen LogP) is 3.22. The second-order valence-electron chi connectivity index (χ2n) is 5.48. The van der Waals surface area contributed by atoms with Gasteiger partial charge in [0, 0.05) is 30.8 Å². The first-order valence-electron chi connectivity index (χ1n) is 7.63. The van der Waals surface area contributed by atoms with E-state index in [1.165, 1.54) is 0 Å². The lowest BCUT2D eigenvalue weighted by Crippen LogP contribution is -2.33. The summed E-state index contributed by atoms with van der Waals surface area (Å²) >= 11 is 0. The minimum Gasteiger partial charge on any atom is -0.490 e. The zero-order valence-electron chi connectivity index (χ0n) is 12.1. The van der Waals surface area contributed by atoms with Crippen molar-refractivity contribution in [3.63, 3.8) is 0 Å². The van der Waals surface area contributed by atoms with Crippen molar-refractivity contribution in [2.75, 3.05) is 25.1 Å². The van der Waals surface area contributed by atoms with E-state index in [0.29, 0.717) is 12.1 Å². The minimum atomic E-state index is 0.390. The van der Waals surface area contributed by atoms with E-state index in [4.69, 9.17) is 14.2 Å². The minimum absolute atomic E-state index is 0.390. The summed E-state index contributed by atoms with van der Waals surface area (Å²) < 4.78 is 17.1. The highest BCUT2D eigenvalue weighted by Gasteiger charge is 2.21. The average Bonchev–Trinajstić information content (AvgIpc) is 2.72. The van der Waals surface area contributed by atoms with E-state index in [9.17, 15) is 0 Å². The molecule has 0 bridgehead atoms. The first-order valence-corrected chi connectivity index (χ1v) is 7.63. The molecule has 1 aromatic rings. The maximum atomic E-state index is 5.73. The molecule has 2 aliphatic rings. The van der Waals surface area contributed by atoms with Gasteiger partial charge in [0.05, 0.1) is 19.3 Å². The fourth-order valence-corrected chi connectivity index (χ4v) is 2.78. The topological polar surface area (TPSA) is 39.7 Å². The van der Waals surface area contributed by atoms with Crippen LogP contribution in [0.2, 0.25) is 0 Å². The van der Waals surface area contributed by atoms with Gasteiger partial charge in [-0.05, 0) is 31.4 Å². The third kappa shape index (κ3) is 3.18. The number of rotatable bonds is 3. The van der Waals surface area contributed by atoms with Gasteiger partial charge >= 0.3 is 0 Å². The van der Waals surface area contributed by atoms with Crippen LogP contribution in [0.1, 0.15) is 32.6 Å². The summed E-state index contributed by atoms with van der Waals surface area (Å²) in [7, 11) is 0. The zero-order chi connectivity index (χ0) is 13.8. The Morgan fingerprint density at radius 1 is 1.15 bits per heavy atom. The van der Waals surface area contributed by atoms with Crippen LogP contribution >= 0.6 is 0 Å². The largest absolute Gasteiger partial charge is 0.490 e. The van der Waals surface area contributed by atoms with Crippen molar-refractivity contribution in [2.24, 2.45) is 0 Å². The summed E-state index contributed by atoms with van der Waals surface area (Å²) in [6.45, 7) is 4.49. The number of fused-ring (bicyclic) bond motifs is 1. The van der Waals surface area contributed by atoms with Crippen LogP contribution in [-0.4, -0.2) is 32.0 Å². The molecule has 2 heterocycles. The molecule has 1 fully saturated rings. The van der Waals surface area contributed by atoms with E-state index in [1.54, 1.807) is 0 Å². The molecular weight excluding hydrogens is 254 g/mol. The second-order valence-corrected chi connectivity index (χ2v) is 5.48. The molecule has 20 heavy (non-hydrogen) atoms. The van der Waals surface area contributed by atoms with Gasteiger partial charge in [0.25, 0.3) is 0 Å². The Balaban J connectivity index is 1.66. The maximum absolute atomic E-state index is 5.73. The quantitative estimate of drug-likeness (QED) is 0.921. The zero-order valence-corrected chi connectivity index (χ0v) is 12.1. The molecule has 2 unspecified atom stereocenters. The van der Waals surface area contributed by atoms with Crippen LogP contribution in [-0.2, 0) is 4.74 Å². The van der Waals surface area contributed by atoms with Crippen molar-refractivity contribution < 1.29 is 14.2 Å². The molecule has 0 amide bonds. The van der Waals surface area contributed by atoms with Gasteiger partial charge in [0.1, 0.15) is 0 Å². The summed E-state index contributed by atoms with van der Waals surface area (Å²) in [5.41, 5.74) is 1.11. The monoisotopic (exact) mass is 277 g/mol. The van der Waals surface area contributed by atoms with E-state index in [-0.39, 0.29) is 0 Å². The average molecular weight is 277 g/mol. The highest BCUT2D eigenvalue weighted by Crippen LogP contribution is 2.33. The Kier molecular flexibility index (Phi) is 4.31. The normalized spacial score (nSPS) is 25.9. The number of benzene rings is 1. The molecule has 4 nitrogen and oxygen atoms in total. The third-order valence-corrected chi connectivity index (χ3v) is 3.94. The summed E-state index contributed by atoms with van der Waals surface area (Å²) in [6, 6.07) is 6.61. The molecule has 0 aliphatic carbocycles. The Bertz CT molecular complexity index is 449. The fraction of sp³-hybridized carbons (Fsp3) is 0.625. The molecule has 0 spiro atoms. The Hall–Kier alpha value is -1.42. The number of ether oxygens (including phenoxy) is 3. The third-order valence-electron chi connectivity index (χ3n) is 3.94. The molecule has 0 radical (unpaired) electrons. The second kappa shape index (κ2) is 6.35. The summed E-state index contributed by atoms with van der Waals surface area (Å²) in [4.78, 5) is 0. The van der Waals surface area contributed by atoms with Crippen LogP contribution in [0.3, 0.4) is 0 Å². The highest BCUT2D eigenvalue weighted by atomic mass is 16.5. The number of hydrogen-bond donors (Lipinski definition) is 1. The van der Waals surface area contributed by atoms with Gasteiger partial charge in [-0.3, -0.25) is 0 Å². The number of hydrogen-bond acceptors (Lipinski definition) is 4. The molecule has 3 rings (SSSR count). The van der Waals surface area contributed by atoms with Crippen molar-refractivity contribution in [3.8, 4) is 11.5 Å². The van der Waals surface area contributed by atoms with Crippen LogP contribution in [0.5, 0.6) is 11.5 Å². The van der Waals surface area contributed by atoms with Gasteiger partial charge in [-0.25, -0.2) is 0 Å². The molecule has 4 heteroatoms. The van der Waals surface area contributed by atoms with Crippen molar-refractivity contribution in [1.29, 1.82) is 0 Å². The van der Waals surface area contributed by atoms with Gasteiger partial charge in [0.2, 0.25) is 0 Å². The van der Waals surface area contributed by atoms with Gasteiger partial charge in [-0.1, -0.05) is 6.92 Å². The van der Waals surface area contributed by atoms with E-state index < -0.39 is 0 Å². The van der Waals surface area contributed by atoms with Crippen LogP contribution in [0.4, 0.5) is 5.69 Å². The molecular formula is C16H23NO3. The van der Waals surface area contributed by atoms with Gasteiger partial charge in [-0.2, -0.15) is 0 Å². The summed E-state index contributed by atoms with van der Waals surface area (Å²) in [6.07, 6.45) is 4.55. The Labute approximate surface area is 120 Å². The molecule has 1 aromatic carbocycles. The van der Waals surface area contributed by atoms with Crippen LogP contribution in [0.25, 0.3) is 0 Å². The van der Waals surface area contributed by atoms with Crippen LogP contribution in [0.15, 0.2) is 18.2 Å². The van der Waals surface area contributed by atoms with Gasteiger partial charge in [0.15, 0.2) is 11.5 Å². The van der Waals surface area contributed by atoms with Crippen LogP contribution in [0, 0.1) is 0 Å². The lowest BCUT2D eigenvalue weighted by molar-refractivity contribution is 0.00925. The summed E-state index contributed by atoms with van der Waals surface area (Å²) in [5.74, 6) is 1.71. The van der Waals surface area contributed by atoms with Crippen molar-refractivity contribution in [3.05, 3.63) is 18.2 Å². The molecule has 1 N–H and O–H groups in total. The standard InChI is InChI=1S/C16H23NO3/c1-2-14-10-13(6-9-18-14)17-12-4-5-15-16(11-12)20-8-3-7-19-15/h4-5,11,13-14,17H,2-3,6-10H2,1H3. The van der Waals surface area contributed by atoms with E-state index in [1.807, 2.05) is 6.07 Å². The molecule has 2 atom stereocenters. The van der Waals surface area contributed by atoms with Crippen molar-refractivity contribution in [2.45, 2.75) is 44.8 Å². The lowest BCUT2D eigenvalue weighted by Gasteiger charge is -2.30. The number of nitrogens with one attached hydrogen (secondary N) is 1. The maximum Gasteiger partial charge on any atom is 0.163 e. The first-order chi connectivity index (χ1) is 9.85. The lowest BCUT2D eigenvalue weighted by atomic mass is 10.0. The highest BCUT2D eigenvalue weighted by molar-refractivity contribution is 5.55. The SMILES string of the molecule is CCC1CC(Nc2ccc3c(c2)OCCCO3)CCO1. The van der Waals surface area contributed by atoms with Gasteiger partial charge < -0.3 is 19.5 Å². The summed E-state index contributed by atoms with van der Waals surface area (Å²) in [5, 5.41) is 3.60.